The van der Waals surface area contributed by atoms with Crippen molar-refractivity contribution in [2.24, 2.45) is 0 Å². The van der Waals surface area contributed by atoms with E-state index in [0.717, 1.165) is 6.08 Å². The number of halogens is 1. The van der Waals surface area contributed by atoms with Crippen LogP contribution < -0.4 is 10.8 Å². The van der Waals surface area contributed by atoms with E-state index in [-0.39, 0.29) is 11.2 Å². The van der Waals surface area contributed by atoms with Crippen LogP contribution in [-0.2, 0) is 4.79 Å². The van der Waals surface area contributed by atoms with Crippen LogP contribution in [0.1, 0.15) is 0 Å². The summed E-state index contributed by atoms with van der Waals surface area (Å²) in [6.45, 7) is 0. The minimum Gasteiger partial charge on any atom is -0.478 e. The second kappa shape index (κ2) is 4.32. The first-order chi connectivity index (χ1) is 10.6. The molecule has 2 aromatic heterocycles. The van der Waals surface area contributed by atoms with Crippen molar-refractivity contribution in [1.29, 1.82) is 0 Å². The van der Waals surface area contributed by atoms with Gasteiger partial charge in [0.05, 0.1) is 11.0 Å². The molecule has 0 aliphatic carbocycles. The number of nitrogens with one attached hydrogen (secondary N) is 1. The molecule has 6 nitrogen and oxygen atoms in total. The van der Waals surface area contributed by atoms with Crippen LogP contribution in [0.25, 0.3) is 33.5 Å². The van der Waals surface area contributed by atoms with E-state index in [1.807, 2.05) is 0 Å². The molecule has 4 aromatic rings. The number of benzene rings is 1. The molecule has 0 saturated heterocycles. The van der Waals surface area contributed by atoms with Crippen molar-refractivity contribution in [3.05, 3.63) is 51.2 Å². The Bertz CT molecular complexity index is 1190. The zero-order chi connectivity index (χ0) is 15.4. The van der Waals surface area contributed by atoms with Gasteiger partial charge in [-0.25, -0.2) is 9.78 Å². The van der Waals surface area contributed by atoms with Crippen molar-refractivity contribution in [2.75, 3.05) is 0 Å². The van der Waals surface area contributed by atoms with E-state index in [9.17, 15) is 9.59 Å². The average molecular weight is 314 g/mol. The lowest BCUT2D eigenvalue weighted by molar-refractivity contribution is -0.129. The molecule has 0 saturated carbocycles. The van der Waals surface area contributed by atoms with Crippen LogP contribution in [0.4, 0.5) is 0 Å². The second-order valence-corrected chi connectivity index (χ2v) is 5.32. The SMILES string of the molecule is O=C(O)/C=c1\c2ccc(Cl)cc2c2[nH]c(=O)c3nccn3c12. The maximum atomic E-state index is 12.1. The van der Waals surface area contributed by atoms with E-state index in [0.29, 0.717) is 32.0 Å². The summed E-state index contributed by atoms with van der Waals surface area (Å²) >= 11 is 6.03. The van der Waals surface area contributed by atoms with Gasteiger partial charge in [0.2, 0.25) is 5.65 Å². The first-order valence-corrected chi connectivity index (χ1v) is 6.78. The smallest absolute Gasteiger partial charge is 0.329 e. The van der Waals surface area contributed by atoms with Gasteiger partial charge in [0, 0.05) is 34.1 Å². The molecule has 2 aromatic carbocycles. The lowest BCUT2D eigenvalue weighted by Crippen LogP contribution is -2.13. The van der Waals surface area contributed by atoms with Gasteiger partial charge in [-0.3, -0.25) is 9.20 Å². The van der Waals surface area contributed by atoms with Crippen LogP contribution in [0.15, 0.2) is 35.4 Å². The summed E-state index contributed by atoms with van der Waals surface area (Å²) in [4.78, 5) is 30.1. The molecule has 0 bridgehead atoms. The zero-order valence-corrected chi connectivity index (χ0v) is 11.8. The summed E-state index contributed by atoms with van der Waals surface area (Å²) in [5.41, 5.74) is 1.01. The lowest BCUT2D eigenvalue weighted by atomic mass is 10.2. The number of carboxylic acid groups (broad SMARTS) is 1. The Morgan fingerprint density at radius 3 is 2.95 bits per heavy atom. The Kier molecular flexibility index (Phi) is 2.52. The van der Waals surface area contributed by atoms with Crippen molar-refractivity contribution in [1.82, 2.24) is 14.4 Å². The van der Waals surface area contributed by atoms with E-state index < -0.39 is 5.97 Å². The molecule has 0 amide bonds. The van der Waals surface area contributed by atoms with Crippen LogP contribution in [0.5, 0.6) is 0 Å². The third kappa shape index (κ3) is 1.64. The molecule has 0 aliphatic rings. The third-order valence-electron chi connectivity index (χ3n) is 3.62. The van der Waals surface area contributed by atoms with E-state index in [1.54, 1.807) is 28.8 Å². The highest BCUT2D eigenvalue weighted by molar-refractivity contribution is 6.32. The van der Waals surface area contributed by atoms with Gasteiger partial charge in [-0.15, -0.1) is 0 Å². The number of aromatic amines is 1. The average Bonchev–Trinajstić information content (AvgIpc) is 3.03. The number of nitrogens with zero attached hydrogens (tertiary/aromatic N) is 2. The molecule has 4 rings (SSSR count). The number of H-pyrrole nitrogens is 1. The molecule has 2 heterocycles. The van der Waals surface area contributed by atoms with Gasteiger partial charge in [-0.05, 0) is 17.5 Å². The highest BCUT2D eigenvalue weighted by atomic mass is 35.5. The number of carbonyl (C=O) groups is 1. The molecule has 108 valence electrons. The minimum atomic E-state index is -1.07. The zero-order valence-electron chi connectivity index (χ0n) is 11.0. The summed E-state index contributed by atoms with van der Waals surface area (Å²) in [6.07, 6.45) is 4.25. The van der Waals surface area contributed by atoms with Crippen molar-refractivity contribution in [3.8, 4) is 0 Å². The number of fused-ring (bicyclic) bond motifs is 5. The third-order valence-corrected chi connectivity index (χ3v) is 3.86. The number of aromatic nitrogens is 3. The molecule has 2 N–H and O–H groups in total. The molecular formula is C15H8ClN3O3. The standard InChI is InChI=1S/C15H8ClN3O3/c16-7-1-2-8-9(5-7)12-13(10(8)6-11(20)21)19-4-3-17-14(19)15(22)18-12/h1-6H,(H,18,22)(H,20,21)/b10-6+. The van der Waals surface area contributed by atoms with Gasteiger partial charge < -0.3 is 10.1 Å². The van der Waals surface area contributed by atoms with Crippen LogP contribution in [0.2, 0.25) is 5.02 Å². The van der Waals surface area contributed by atoms with Gasteiger partial charge in [0.15, 0.2) is 0 Å². The topological polar surface area (TPSA) is 87.5 Å². The number of carboxylic acids is 1. The minimum absolute atomic E-state index is 0.217. The highest BCUT2D eigenvalue weighted by Crippen LogP contribution is 2.25. The van der Waals surface area contributed by atoms with Gasteiger partial charge in [0.1, 0.15) is 0 Å². The highest BCUT2D eigenvalue weighted by Gasteiger charge is 2.14. The fraction of sp³-hybridized carbons (Fsp3) is 0. The van der Waals surface area contributed by atoms with Crippen molar-refractivity contribution >= 4 is 51.1 Å². The fourth-order valence-corrected chi connectivity index (χ4v) is 2.99. The fourth-order valence-electron chi connectivity index (χ4n) is 2.82. The molecule has 0 radical (unpaired) electrons. The van der Waals surface area contributed by atoms with Gasteiger partial charge in [-0.2, -0.15) is 0 Å². The van der Waals surface area contributed by atoms with E-state index in [4.69, 9.17) is 16.7 Å². The summed E-state index contributed by atoms with van der Waals surface area (Å²) in [5, 5.41) is 11.6. The van der Waals surface area contributed by atoms with Crippen molar-refractivity contribution in [3.63, 3.8) is 0 Å². The Morgan fingerprint density at radius 2 is 2.18 bits per heavy atom. The van der Waals surface area contributed by atoms with Crippen LogP contribution in [-0.4, -0.2) is 25.4 Å². The van der Waals surface area contributed by atoms with Gasteiger partial charge in [0.25, 0.3) is 5.56 Å². The van der Waals surface area contributed by atoms with E-state index >= 15 is 0 Å². The first-order valence-electron chi connectivity index (χ1n) is 6.41. The maximum Gasteiger partial charge on any atom is 0.329 e. The normalized spacial score (nSPS) is 12.7. The molecule has 0 spiro atoms. The molecule has 7 heteroatoms. The predicted molar refractivity (Wildman–Crippen MR) is 83.2 cm³/mol. The largest absolute Gasteiger partial charge is 0.478 e. The monoisotopic (exact) mass is 313 g/mol. The molecule has 0 unspecified atom stereocenters. The van der Waals surface area contributed by atoms with Crippen molar-refractivity contribution in [2.45, 2.75) is 0 Å². The number of hydrogen-bond donors (Lipinski definition) is 2. The quantitative estimate of drug-likeness (QED) is 0.558. The van der Waals surface area contributed by atoms with Crippen LogP contribution in [0.3, 0.4) is 0 Å². The summed E-state index contributed by atoms with van der Waals surface area (Å²) in [5.74, 6) is -1.07. The number of imidazole rings is 1. The molecule has 0 fully saturated rings. The van der Waals surface area contributed by atoms with E-state index in [2.05, 4.69) is 9.97 Å². The maximum absolute atomic E-state index is 12.1. The Labute approximate surface area is 127 Å². The van der Waals surface area contributed by atoms with E-state index in [1.165, 1.54) is 6.20 Å². The summed E-state index contributed by atoms with van der Waals surface area (Å²) in [6, 6.07) is 5.13. The number of rotatable bonds is 1. The Balaban J connectivity index is 2.44. The van der Waals surface area contributed by atoms with Gasteiger partial charge in [-0.1, -0.05) is 17.7 Å². The van der Waals surface area contributed by atoms with Crippen LogP contribution >= 0.6 is 11.6 Å². The van der Waals surface area contributed by atoms with Crippen LogP contribution in [0, 0.1) is 0 Å². The molecule has 0 atom stereocenters. The first kappa shape index (κ1) is 12.8. The number of aliphatic carboxylic acids is 1. The molecule has 22 heavy (non-hydrogen) atoms. The Morgan fingerprint density at radius 1 is 1.36 bits per heavy atom. The van der Waals surface area contributed by atoms with Crippen molar-refractivity contribution < 1.29 is 9.90 Å². The predicted octanol–water partition coefficient (Wildman–Crippen LogP) is 1.57. The molecular weight excluding hydrogens is 306 g/mol. The summed E-state index contributed by atoms with van der Waals surface area (Å²) in [7, 11) is 0. The molecule has 0 aliphatic heterocycles. The summed E-state index contributed by atoms with van der Waals surface area (Å²) < 4.78 is 1.59. The Hall–Kier alpha value is -2.86. The number of hydrogen-bond acceptors (Lipinski definition) is 3. The van der Waals surface area contributed by atoms with Gasteiger partial charge >= 0.3 is 5.97 Å². The lowest BCUT2D eigenvalue weighted by Gasteiger charge is -1.97. The second-order valence-electron chi connectivity index (χ2n) is 4.88.